The Kier molecular flexibility index (Phi) is 5.27. The van der Waals surface area contributed by atoms with Gasteiger partial charge in [-0.3, -0.25) is 0 Å². The number of benzene rings is 2. The molecule has 0 aliphatic heterocycles. The Hall–Kier alpha value is -1.71. The lowest BCUT2D eigenvalue weighted by Crippen LogP contribution is -2.16. The fraction of sp³-hybridized carbons (Fsp3) is 0.250. The van der Waals surface area contributed by atoms with Gasteiger partial charge in [-0.05, 0) is 23.8 Å². The van der Waals surface area contributed by atoms with Crippen LogP contribution >= 0.6 is 11.6 Å². The van der Waals surface area contributed by atoms with Gasteiger partial charge in [-0.1, -0.05) is 41.9 Å². The highest BCUT2D eigenvalue weighted by Crippen LogP contribution is 2.31. The summed E-state index contributed by atoms with van der Waals surface area (Å²) in [5.41, 5.74) is 2.00. The topological polar surface area (TPSA) is 30.5 Å². The average molecular weight is 292 g/mol. The molecule has 0 radical (unpaired) electrons. The molecule has 0 aromatic heterocycles. The molecule has 4 heteroatoms. The van der Waals surface area contributed by atoms with Crippen LogP contribution in [0.1, 0.15) is 11.6 Å². The minimum absolute atomic E-state index is 0.0357. The lowest BCUT2D eigenvalue weighted by molar-refractivity contribution is 0.186. The van der Waals surface area contributed by atoms with Gasteiger partial charge in [-0.25, -0.2) is 0 Å². The monoisotopic (exact) mass is 291 g/mol. The van der Waals surface area contributed by atoms with Gasteiger partial charge in [-0.2, -0.15) is 0 Å². The fourth-order valence-corrected chi connectivity index (χ4v) is 2.23. The summed E-state index contributed by atoms with van der Waals surface area (Å²) >= 11 is 6.05. The summed E-state index contributed by atoms with van der Waals surface area (Å²) in [6, 6.07) is 15.7. The minimum atomic E-state index is 0.0357. The predicted molar refractivity (Wildman–Crippen MR) is 82.7 cm³/mol. The maximum Gasteiger partial charge on any atom is 0.142 e. The number of hydrogen-bond donors (Lipinski definition) is 1. The molecule has 0 saturated carbocycles. The van der Waals surface area contributed by atoms with E-state index in [1.54, 1.807) is 20.3 Å². The summed E-state index contributed by atoms with van der Waals surface area (Å²) in [5, 5.41) is 4.09. The molecular formula is C16H18ClNO2. The lowest BCUT2D eigenvalue weighted by Gasteiger charge is -2.21. The van der Waals surface area contributed by atoms with E-state index in [0.717, 1.165) is 17.0 Å². The Morgan fingerprint density at radius 3 is 2.50 bits per heavy atom. The van der Waals surface area contributed by atoms with Gasteiger partial charge in [0.2, 0.25) is 0 Å². The van der Waals surface area contributed by atoms with Crippen LogP contribution in [0.4, 0.5) is 5.69 Å². The standard InChI is InChI=1S/C16H18ClNO2/c1-19-11-15(12-6-4-3-5-7-12)18-14-10-13(17)8-9-16(14)20-2/h3-10,15,18H,11H2,1-2H3. The van der Waals surface area contributed by atoms with Crippen molar-refractivity contribution < 1.29 is 9.47 Å². The Bertz CT molecular complexity index is 545. The summed E-state index contributed by atoms with van der Waals surface area (Å²) in [4.78, 5) is 0. The molecule has 2 aromatic carbocycles. The molecule has 0 aliphatic rings. The fourth-order valence-electron chi connectivity index (χ4n) is 2.05. The molecule has 3 nitrogen and oxygen atoms in total. The molecule has 20 heavy (non-hydrogen) atoms. The molecule has 1 N–H and O–H groups in total. The van der Waals surface area contributed by atoms with Crippen LogP contribution in [0.3, 0.4) is 0 Å². The molecule has 0 aliphatic carbocycles. The van der Waals surface area contributed by atoms with Gasteiger partial charge in [-0.15, -0.1) is 0 Å². The number of nitrogens with one attached hydrogen (secondary N) is 1. The van der Waals surface area contributed by atoms with E-state index in [0.29, 0.717) is 11.6 Å². The number of halogens is 1. The molecule has 0 saturated heterocycles. The Morgan fingerprint density at radius 1 is 1.10 bits per heavy atom. The van der Waals surface area contributed by atoms with Crippen LogP contribution in [0.25, 0.3) is 0 Å². The molecular weight excluding hydrogens is 274 g/mol. The second kappa shape index (κ2) is 7.17. The number of rotatable bonds is 6. The molecule has 1 atom stereocenters. The van der Waals surface area contributed by atoms with Crippen molar-refractivity contribution in [2.45, 2.75) is 6.04 Å². The maximum atomic E-state index is 6.05. The lowest BCUT2D eigenvalue weighted by atomic mass is 10.1. The molecule has 2 aromatic rings. The Labute approximate surface area is 124 Å². The summed E-state index contributed by atoms with van der Waals surface area (Å²) in [5.74, 6) is 0.756. The van der Waals surface area contributed by atoms with Crippen LogP contribution < -0.4 is 10.1 Å². The largest absolute Gasteiger partial charge is 0.495 e. The van der Waals surface area contributed by atoms with Crippen LogP contribution in [-0.4, -0.2) is 20.8 Å². The zero-order chi connectivity index (χ0) is 14.4. The van der Waals surface area contributed by atoms with E-state index in [1.807, 2.05) is 30.3 Å². The van der Waals surface area contributed by atoms with Crippen LogP contribution in [0.5, 0.6) is 5.75 Å². The number of anilines is 1. The van der Waals surface area contributed by atoms with Gasteiger partial charge in [0.25, 0.3) is 0 Å². The van der Waals surface area contributed by atoms with Crippen molar-refractivity contribution in [1.29, 1.82) is 0 Å². The van der Waals surface area contributed by atoms with Crippen molar-refractivity contribution in [3.8, 4) is 5.75 Å². The van der Waals surface area contributed by atoms with Crippen LogP contribution in [0, 0.1) is 0 Å². The highest BCUT2D eigenvalue weighted by atomic mass is 35.5. The van der Waals surface area contributed by atoms with Gasteiger partial charge >= 0.3 is 0 Å². The SMILES string of the molecule is COCC(Nc1cc(Cl)ccc1OC)c1ccccc1. The van der Waals surface area contributed by atoms with Crippen LogP contribution in [0.2, 0.25) is 5.02 Å². The van der Waals surface area contributed by atoms with Crippen molar-refractivity contribution in [2.75, 3.05) is 26.1 Å². The quantitative estimate of drug-likeness (QED) is 0.867. The molecule has 0 spiro atoms. The number of ether oxygens (including phenoxy) is 2. The second-order valence-corrected chi connectivity index (χ2v) is 4.84. The van der Waals surface area contributed by atoms with Crippen molar-refractivity contribution in [3.63, 3.8) is 0 Å². The van der Waals surface area contributed by atoms with Gasteiger partial charge in [0.1, 0.15) is 5.75 Å². The van der Waals surface area contributed by atoms with Gasteiger partial charge in [0, 0.05) is 12.1 Å². The maximum absolute atomic E-state index is 6.05. The molecule has 0 bridgehead atoms. The first-order chi connectivity index (χ1) is 9.74. The van der Waals surface area contributed by atoms with Gasteiger partial charge in [0.15, 0.2) is 0 Å². The first-order valence-corrected chi connectivity index (χ1v) is 6.76. The van der Waals surface area contributed by atoms with Crippen molar-refractivity contribution in [2.24, 2.45) is 0 Å². The smallest absolute Gasteiger partial charge is 0.142 e. The predicted octanol–water partition coefficient (Wildman–Crippen LogP) is 4.15. The Balaban J connectivity index is 2.26. The van der Waals surface area contributed by atoms with Crippen molar-refractivity contribution >= 4 is 17.3 Å². The highest BCUT2D eigenvalue weighted by Gasteiger charge is 2.13. The number of methoxy groups -OCH3 is 2. The van der Waals surface area contributed by atoms with E-state index in [1.165, 1.54) is 0 Å². The summed E-state index contributed by atoms with van der Waals surface area (Å²) in [7, 11) is 3.33. The molecule has 1 unspecified atom stereocenters. The van der Waals surface area contributed by atoms with Gasteiger partial charge < -0.3 is 14.8 Å². The zero-order valence-corrected chi connectivity index (χ0v) is 12.4. The third kappa shape index (κ3) is 3.65. The van der Waals surface area contributed by atoms with E-state index in [4.69, 9.17) is 21.1 Å². The Morgan fingerprint density at radius 2 is 1.85 bits per heavy atom. The molecule has 2 rings (SSSR count). The molecule has 106 valence electrons. The average Bonchev–Trinajstić information content (AvgIpc) is 2.48. The van der Waals surface area contributed by atoms with Crippen molar-refractivity contribution in [1.82, 2.24) is 0 Å². The first kappa shape index (κ1) is 14.7. The summed E-state index contributed by atoms with van der Waals surface area (Å²) in [6.45, 7) is 0.555. The van der Waals surface area contributed by atoms with Gasteiger partial charge in [0.05, 0.1) is 25.4 Å². The minimum Gasteiger partial charge on any atom is -0.495 e. The molecule has 0 amide bonds. The van der Waals surface area contributed by atoms with E-state index >= 15 is 0 Å². The summed E-state index contributed by atoms with van der Waals surface area (Å²) in [6.07, 6.45) is 0. The number of hydrogen-bond acceptors (Lipinski definition) is 3. The normalized spacial score (nSPS) is 11.9. The second-order valence-electron chi connectivity index (χ2n) is 4.41. The first-order valence-electron chi connectivity index (χ1n) is 6.38. The third-order valence-corrected chi connectivity index (χ3v) is 3.26. The van der Waals surface area contributed by atoms with E-state index in [-0.39, 0.29) is 6.04 Å². The molecule has 0 heterocycles. The zero-order valence-electron chi connectivity index (χ0n) is 11.6. The van der Waals surface area contributed by atoms with E-state index < -0.39 is 0 Å². The third-order valence-electron chi connectivity index (χ3n) is 3.03. The highest BCUT2D eigenvalue weighted by molar-refractivity contribution is 6.30. The molecule has 0 fully saturated rings. The van der Waals surface area contributed by atoms with Crippen molar-refractivity contribution in [3.05, 3.63) is 59.1 Å². The van der Waals surface area contributed by atoms with E-state index in [9.17, 15) is 0 Å². The van der Waals surface area contributed by atoms with Crippen LogP contribution in [-0.2, 0) is 4.74 Å². The summed E-state index contributed by atoms with van der Waals surface area (Å²) < 4.78 is 10.7. The van der Waals surface area contributed by atoms with E-state index in [2.05, 4.69) is 17.4 Å². The van der Waals surface area contributed by atoms with Crippen LogP contribution in [0.15, 0.2) is 48.5 Å².